The molecule has 2 rings (SSSR count). The van der Waals surface area contributed by atoms with Gasteiger partial charge in [-0.3, -0.25) is 0 Å². The van der Waals surface area contributed by atoms with E-state index in [1.54, 1.807) is 25.2 Å². The molecule has 1 aromatic heterocycles. The van der Waals surface area contributed by atoms with E-state index in [9.17, 15) is 4.39 Å². The van der Waals surface area contributed by atoms with Crippen molar-refractivity contribution < 1.29 is 4.39 Å². The summed E-state index contributed by atoms with van der Waals surface area (Å²) in [6.07, 6.45) is 0. The number of aromatic nitrogens is 2. The topological polar surface area (TPSA) is 49.8 Å². The van der Waals surface area contributed by atoms with Gasteiger partial charge in [0.2, 0.25) is 0 Å². The van der Waals surface area contributed by atoms with Gasteiger partial charge in [-0.1, -0.05) is 38.4 Å². The Hall–Kier alpha value is -1.88. The molecule has 0 spiro atoms. The summed E-state index contributed by atoms with van der Waals surface area (Å²) in [7, 11) is 1.78. The summed E-state index contributed by atoms with van der Waals surface area (Å²) in [5, 5.41) is 6.00. The van der Waals surface area contributed by atoms with Crippen LogP contribution in [0.2, 0.25) is 5.02 Å². The van der Waals surface area contributed by atoms with Crippen LogP contribution in [0.1, 0.15) is 26.6 Å². The minimum atomic E-state index is -0.499. The van der Waals surface area contributed by atoms with Crippen molar-refractivity contribution in [1.82, 2.24) is 9.97 Å². The number of rotatable bonds is 3. The van der Waals surface area contributed by atoms with Crippen molar-refractivity contribution in [1.29, 1.82) is 0 Å². The summed E-state index contributed by atoms with van der Waals surface area (Å²) < 4.78 is 14.0. The van der Waals surface area contributed by atoms with Crippen LogP contribution in [0.4, 0.5) is 21.7 Å². The second-order valence-electron chi connectivity index (χ2n) is 5.69. The lowest BCUT2D eigenvalue weighted by Gasteiger charge is -2.19. The van der Waals surface area contributed by atoms with E-state index in [-0.39, 0.29) is 16.1 Å². The van der Waals surface area contributed by atoms with Gasteiger partial charge in [-0.25, -0.2) is 14.4 Å². The monoisotopic (exact) mass is 308 g/mol. The highest BCUT2D eigenvalue weighted by atomic mass is 35.5. The number of nitrogens with zero attached hydrogens (tertiary/aromatic N) is 2. The Morgan fingerprint density at radius 3 is 2.43 bits per heavy atom. The quantitative estimate of drug-likeness (QED) is 0.885. The SMILES string of the molecule is CNc1cc(Nc2cccc(Cl)c2F)nc(C(C)(C)C)n1. The summed E-state index contributed by atoms with van der Waals surface area (Å²) in [5.41, 5.74) is 0.0685. The van der Waals surface area contributed by atoms with E-state index in [1.165, 1.54) is 6.07 Å². The van der Waals surface area contributed by atoms with E-state index >= 15 is 0 Å². The summed E-state index contributed by atoms with van der Waals surface area (Å²) in [4.78, 5) is 8.87. The van der Waals surface area contributed by atoms with Gasteiger partial charge < -0.3 is 10.6 Å². The first-order chi connectivity index (χ1) is 9.81. The fraction of sp³-hybridized carbons (Fsp3) is 0.333. The lowest BCUT2D eigenvalue weighted by Crippen LogP contribution is -2.17. The van der Waals surface area contributed by atoms with Crippen LogP contribution in [-0.4, -0.2) is 17.0 Å². The van der Waals surface area contributed by atoms with E-state index in [0.29, 0.717) is 17.5 Å². The largest absolute Gasteiger partial charge is 0.373 e. The molecule has 0 amide bonds. The van der Waals surface area contributed by atoms with Crippen LogP contribution in [0.15, 0.2) is 24.3 Å². The minimum Gasteiger partial charge on any atom is -0.373 e. The van der Waals surface area contributed by atoms with E-state index in [2.05, 4.69) is 20.6 Å². The lowest BCUT2D eigenvalue weighted by atomic mass is 9.96. The van der Waals surface area contributed by atoms with Crippen molar-refractivity contribution in [2.45, 2.75) is 26.2 Å². The van der Waals surface area contributed by atoms with Gasteiger partial charge in [0.15, 0.2) is 5.82 Å². The fourth-order valence-electron chi connectivity index (χ4n) is 1.71. The highest BCUT2D eigenvalue weighted by molar-refractivity contribution is 6.31. The van der Waals surface area contributed by atoms with Crippen LogP contribution in [-0.2, 0) is 5.41 Å². The van der Waals surface area contributed by atoms with Gasteiger partial charge in [-0.05, 0) is 12.1 Å². The molecule has 1 heterocycles. The molecule has 2 N–H and O–H groups in total. The summed E-state index contributed by atoms with van der Waals surface area (Å²) in [6.45, 7) is 6.06. The zero-order chi connectivity index (χ0) is 15.6. The summed E-state index contributed by atoms with van der Waals surface area (Å²) in [5.74, 6) is 1.35. The number of halogens is 2. The Labute approximate surface area is 128 Å². The van der Waals surface area contributed by atoms with E-state index in [1.807, 2.05) is 20.8 Å². The first-order valence-corrected chi connectivity index (χ1v) is 6.97. The van der Waals surface area contributed by atoms with Crippen LogP contribution >= 0.6 is 11.6 Å². The van der Waals surface area contributed by atoms with Gasteiger partial charge >= 0.3 is 0 Å². The Morgan fingerprint density at radius 2 is 1.81 bits per heavy atom. The second kappa shape index (κ2) is 5.85. The first kappa shape index (κ1) is 15.5. The highest BCUT2D eigenvalue weighted by Crippen LogP contribution is 2.27. The molecule has 0 unspecified atom stereocenters. The molecule has 2 aromatic rings. The van der Waals surface area contributed by atoms with Gasteiger partial charge in [0, 0.05) is 18.5 Å². The molecule has 0 saturated carbocycles. The average Bonchev–Trinajstić information content (AvgIpc) is 2.42. The smallest absolute Gasteiger partial charge is 0.165 e. The third-order valence-electron chi connectivity index (χ3n) is 2.87. The van der Waals surface area contributed by atoms with Crippen LogP contribution < -0.4 is 10.6 Å². The summed E-state index contributed by atoms with van der Waals surface area (Å²) >= 11 is 5.78. The third kappa shape index (κ3) is 3.61. The molecule has 4 nitrogen and oxygen atoms in total. The van der Waals surface area contributed by atoms with Gasteiger partial charge in [0.1, 0.15) is 17.5 Å². The van der Waals surface area contributed by atoms with Gasteiger partial charge in [-0.15, -0.1) is 0 Å². The van der Waals surface area contributed by atoms with Gasteiger partial charge in [0.25, 0.3) is 0 Å². The molecular weight excluding hydrogens is 291 g/mol. The molecule has 0 atom stereocenters. The van der Waals surface area contributed by atoms with Crippen molar-refractivity contribution >= 4 is 28.9 Å². The predicted octanol–water partition coefficient (Wildman–Crippen LogP) is 4.35. The molecule has 0 saturated heterocycles. The lowest BCUT2D eigenvalue weighted by molar-refractivity contribution is 0.547. The number of hydrogen-bond donors (Lipinski definition) is 2. The molecule has 112 valence electrons. The Bertz CT molecular complexity index is 653. The van der Waals surface area contributed by atoms with Crippen molar-refractivity contribution in [3.8, 4) is 0 Å². The molecule has 0 aliphatic carbocycles. The van der Waals surface area contributed by atoms with Crippen molar-refractivity contribution in [2.75, 3.05) is 17.7 Å². The van der Waals surface area contributed by atoms with E-state index < -0.39 is 5.82 Å². The number of hydrogen-bond acceptors (Lipinski definition) is 4. The van der Waals surface area contributed by atoms with E-state index in [0.717, 1.165) is 0 Å². The zero-order valence-electron chi connectivity index (χ0n) is 12.5. The Balaban J connectivity index is 2.42. The number of nitrogens with one attached hydrogen (secondary N) is 2. The van der Waals surface area contributed by atoms with Crippen LogP contribution in [0, 0.1) is 5.82 Å². The first-order valence-electron chi connectivity index (χ1n) is 6.59. The number of anilines is 3. The molecule has 0 fully saturated rings. The molecule has 6 heteroatoms. The molecule has 1 aromatic carbocycles. The molecular formula is C15H18ClFN4. The maximum absolute atomic E-state index is 14.0. The zero-order valence-corrected chi connectivity index (χ0v) is 13.2. The van der Waals surface area contributed by atoms with Crippen molar-refractivity contribution in [2.24, 2.45) is 0 Å². The molecule has 0 aliphatic rings. The predicted molar refractivity (Wildman–Crippen MR) is 85.0 cm³/mol. The highest BCUT2D eigenvalue weighted by Gasteiger charge is 2.19. The standard InChI is InChI=1S/C15H18ClFN4/c1-15(2,3)14-20-11(18-4)8-12(21-14)19-10-7-5-6-9(16)13(10)17/h5-8H,1-4H3,(H2,18,19,20,21). The molecule has 21 heavy (non-hydrogen) atoms. The van der Waals surface area contributed by atoms with Crippen molar-refractivity contribution in [3.05, 3.63) is 40.9 Å². The van der Waals surface area contributed by atoms with Crippen LogP contribution in [0.25, 0.3) is 0 Å². The molecule has 0 bridgehead atoms. The fourth-order valence-corrected chi connectivity index (χ4v) is 1.89. The Kier molecular flexibility index (Phi) is 4.32. The number of benzene rings is 1. The molecule has 0 radical (unpaired) electrons. The van der Waals surface area contributed by atoms with Crippen LogP contribution in [0.5, 0.6) is 0 Å². The normalized spacial score (nSPS) is 11.3. The maximum Gasteiger partial charge on any atom is 0.165 e. The van der Waals surface area contributed by atoms with Gasteiger partial charge in [0.05, 0.1) is 10.7 Å². The second-order valence-corrected chi connectivity index (χ2v) is 6.10. The maximum atomic E-state index is 14.0. The average molecular weight is 309 g/mol. The van der Waals surface area contributed by atoms with Crippen LogP contribution in [0.3, 0.4) is 0 Å². The Morgan fingerprint density at radius 1 is 1.14 bits per heavy atom. The van der Waals surface area contributed by atoms with Crippen molar-refractivity contribution in [3.63, 3.8) is 0 Å². The van der Waals surface area contributed by atoms with Gasteiger partial charge in [-0.2, -0.15) is 0 Å². The third-order valence-corrected chi connectivity index (χ3v) is 3.16. The summed E-state index contributed by atoms with van der Waals surface area (Å²) in [6, 6.07) is 6.51. The molecule has 0 aliphatic heterocycles. The minimum absolute atomic E-state index is 0.0685. The van der Waals surface area contributed by atoms with E-state index in [4.69, 9.17) is 11.6 Å².